The number of carbonyl (C=O) groups excluding carboxylic acids is 2. The van der Waals surface area contributed by atoms with Crippen LogP contribution < -0.4 is 5.32 Å². The SMILES string of the molecule is CCOC(=O)CSc1nnc(NC(=O)c2cc(S(=O)(=O)N(CC)CC)ccc2Cl)s1. The number of carbonyl (C=O) groups is 2. The molecule has 0 aliphatic heterocycles. The second kappa shape index (κ2) is 11.0. The monoisotopic (exact) mass is 492 g/mol. The minimum absolute atomic E-state index is 0.000763. The molecule has 1 aromatic heterocycles. The van der Waals surface area contributed by atoms with Crippen LogP contribution in [0.25, 0.3) is 0 Å². The number of aromatic nitrogens is 2. The number of rotatable bonds is 10. The predicted octanol–water partition coefficient (Wildman–Crippen LogP) is 3.13. The normalized spacial score (nSPS) is 11.5. The van der Waals surface area contributed by atoms with Gasteiger partial charge in [-0.15, -0.1) is 10.2 Å². The second-order valence-corrected chi connectivity index (χ2v) is 10.2. The van der Waals surface area contributed by atoms with Crippen LogP contribution in [0.4, 0.5) is 5.13 Å². The first-order chi connectivity index (χ1) is 14.2. The van der Waals surface area contributed by atoms with Gasteiger partial charge in [-0.1, -0.05) is 48.5 Å². The van der Waals surface area contributed by atoms with Crippen molar-refractivity contribution in [2.75, 3.05) is 30.8 Å². The quantitative estimate of drug-likeness (QED) is 0.305. The van der Waals surface area contributed by atoms with Gasteiger partial charge >= 0.3 is 5.97 Å². The first-order valence-electron chi connectivity index (χ1n) is 8.95. The second-order valence-electron chi connectivity index (χ2n) is 5.65. The molecular formula is C17H21ClN4O5S3. The van der Waals surface area contributed by atoms with Crippen LogP contribution >= 0.6 is 34.7 Å². The third kappa shape index (κ3) is 6.14. The highest BCUT2D eigenvalue weighted by atomic mass is 35.5. The zero-order chi connectivity index (χ0) is 22.3. The summed E-state index contributed by atoms with van der Waals surface area (Å²) in [5.41, 5.74) is 0.000763. The summed E-state index contributed by atoms with van der Waals surface area (Å²) >= 11 is 8.33. The van der Waals surface area contributed by atoms with E-state index in [-0.39, 0.29) is 32.3 Å². The van der Waals surface area contributed by atoms with Crippen LogP contribution in [-0.4, -0.2) is 60.2 Å². The van der Waals surface area contributed by atoms with E-state index in [1.807, 2.05) is 0 Å². The van der Waals surface area contributed by atoms with E-state index in [0.717, 1.165) is 23.1 Å². The van der Waals surface area contributed by atoms with Crippen LogP contribution in [0.15, 0.2) is 27.4 Å². The molecule has 0 fully saturated rings. The molecule has 1 N–H and O–H groups in total. The van der Waals surface area contributed by atoms with E-state index in [1.54, 1.807) is 20.8 Å². The first-order valence-corrected chi connectivity index (χ1v) is 12.6. The number of amides is 1. The number of thioether (sulfide) groups is 1. The molecule has 1 aromatic carbocycles. The van der Waals surface area contributed by atoms with Crippen LogP contribution in [0.5, 0.6) is 0 Å². The molecule has 0 unspecified atom stereocenters. The number of sulfonamides is 1. The topological polar surface area (TPSA) is 119 Å². The first kappa shape index (κ1) is 24.5. The molecule has 0 spiro atoms. The molecule has 9 nitrogen and oxygen atoms in total. The fourth-order valence-corrected chi connectivity index (χ4v) is 5.59. The Morgan fingerprint density at radius 2 is 1.93 bits per heavy atom. The predicted molar refractivity (Wildman–Crippen MR) is 117 cm³/mol. The molecule has 0 radical (unpaired) electrons. The molecule has 30 heavy (non-hydrogen) atoms. The molecule has 2 rings (SSSR count). The maximum atomic E-state index is 12.7. The number of hydrogen-bond acceptors (Lipinski definition) is 9. The van der Waals surface area contributed by atoms with Gasteiger partial charge < -0.3 is 4.74 Å². The number of benzene rings is 1. The Morgan fingerprint density at radius 3 is 2.57 bits per heavy atom. The lowest BCUT2D eigenvalue weighted by Crippen LogP contribution is -2.30. The van der Waals surface area contributed by atoms with Gasteiger partial charge in [-0.25, -0.2) is 8.42 Å². The van der Waals surface area contributed by atoms with Crippen LogP contribution in [-0.2, 0) is 19.6 Å². The third-order valence-electron chi connectivity index (χ3n) is 3.77. The lowest BCUT2D eigenvalue weighted by atomic mass is 10.2. The molecule has 13 heteroatoms. The lowest BCUT2D eigenvalue weighted by Gasteiger charge is -2.19. The summed E-state index contributed by atoms with van der Waals surface area (Å²) in [5, 5.41) is 10.6. The minimum Gasteiger partial charge on any atom is -0.465 e. The summed E-state index contributed by atoms with van der Waals surface area (Å²) in [6.07, 6.45) is 0. The Bertz CT molecular complexity index is 1010. The molecule has 0 saturated carbocycles. The highest BCUT2D eigenvalue weighted by Gasteiger charge is 2.24. The van der Waals surface area contributed by atoms with E-state index in [1.165, 1.54) is 22.5 Å². The lowest BCUT2D eigenvalue weighted by molar-refractivity contribution is -0.139. The van der Waals surface area contributed by atoms with Gasteiger partial charge in [0.25, 0.3) is 5.91 Å². The summed E-state index contributed by atoms with van der Waals surface area (Å²) in [6.45, 7) is 6.09. The van der Waals surface area contributed by atoms with E-state index < -0.39 is 15.9 Å². The van der Waals surface area contributed by atoms with E-state index >= 15 is 0 Å². The van der Waals surface area contributed by atoms with E-state index in [2.05, 4.69) is 15.5 Å². The molecule has 0 bridgehead atoms. The van der Waals surface area contributed by atoms with Crippen molar-refractivity contribution in [1.82, 2.24) is 14.5 Å². The summed E-state index contributed by atoms with van der Waals surface area (Å²) in [7, 11) is -3.74. The van der Waals surface area contributed by atoms with Crippen molar-refractivity contribution in [3.05, 3.63) is 28.8 Å². The fraction of sp³-hybridized carbons (Fsp3) is 0.412. The Kier molecular flexibility index (Phi) is 9.04. The van der Waals surface area contributed by atoms with Crippen molar-refractivity contribution in [2.24, 2.45) is 0 Å². The van der Waals surface area contributed by atoms with Crippen LogP contribution in [0.3, 0.4) is 0 Å². The summed E-state index contributed by atoms with van der Waals surface area (Å²) in [5.74, 6) is -0.913. The van der Waals surface area contributed by atoms with Gasteiger partial charge in [-0.05, 0) is 25.1 Å². The van der Waals surface area contributed by atoms with Crippen molar-refractivity contribution < 1.29 is 22.7 Å². The number of hydrogen-bond donors (Lipinski definition) is 1. The highest BCUT2D eigenvalue weighted by molar-refractivity contribution is 8.01. The van der Waals surface area contributed by atoms with E-state index in [4.69, 9.17) is 16.3 Å². The summed E-state index contributed by atoms with van der Waals surface area (Å²) in [4.78, 5) is 24.0. The molecule has 1 amide bonds. The Labute approximate surface area is 188 Å². The van der Waals surface area contributed by atoms with Crippen molar-refractivity contribution in [1.29, 1.82) is 0 Å². The number of esters is 1. The van der Waals surface area contributed by atoms with Crippen molar-refractivity contribution in [3.8, 4) is 0 Å². The van der Waals surface area contributed by atoms with Gasteiger partial charge in [0, 0.05) is 13.1 Å². The molecule has 0 saturated heterocycles. The van der Waals surface area contributed by atoms with Crippen molar-refractivity contribution in [2.45, 2.75) is 30.0 Å². The largest absolute Gasteiger partial charge is 0.465 e. The summed E-state index contributed by atoms with van der Waals surface area (Å²) in [6, 6.07) is 3.97. The average Bonchev–Trinajstić information content (AvgIpc) is 3.14. The number of anilines is 1. The van der Waals surface area contributed by atoms with E-state index in [0.29, 0.717) is 24.0 Å². The van der Waals surface area contributed by atoms with Gasteiger partial charge in [0.15, 0.2) is 4.34 Å². The van der Waals surface area contributed by atoms with Crippen LogP contribution in [0.2, 0.25) is 5.02 Å². The molecule has 2 aromatic rings. The maximum absolute atomic E-state index is 12.7. The van der Waals surface area contributed by atoms with Gasteiger partial charge in [0.05, 0.1) is 27.8 Å². The van der Waals surface area contributed by atoms with Gasteiger partial charge in [-0.2, -0.15) is 4.31 Å². The average molecular weight is 493 g/mol. The number of ether oxygens (including phenoxy) is 1. The standard InChI is InChI=1S/C17H21ClN4O5S3/c1-4-22(5-2)30(25,26)11-7-8-13(18)12(9-11)15(24)19-16-20-21-17(29-16)28-10-14(23)27-6-3/h7-9H,4-6,10H2,1-3H3,(H,19,20,24). The van der Waals surface area contributed by atoms with Gasteiger partial charge in [0.2, 0.25) is 15.2 Å². The molecule has 0 aliphatic carbocycles. The Hall–Kier alpha value is -1.73. The van der Waals surface area contributed by atoms with Gasteiger partial charge in [0.1, 0.15) is 0 Å². The zero-order valence-electron chi connectivity index (χ0n) is 16.5. The van der Waals surface area contributed by atoms with Crippen molar-refractivity contribution in [3.63, 3.8) is 0 Å². The van der Waals surface area contributed by atoms with Crippen LogP contribution in [0.1, 0.15) is 31.1 Å². The number of halogens is 1. The van der Waals surface area contributed by atoms with Gasteiger partial charge in [-0.3, -0.25) is 14.9 Å². The van der Waals surface area contributed by atoms with Crippen molar-refractivity contribution >= 4 is 61.7 Å². The van der Waals surface area contributed by atoms with E-state index in [9.17, 15) is 18.0 Å². The third-order valence-corrected chi connectivity index (χ3v) is 8.09. The Morgan fingerprint density at radius 1 is 1.23 bits per heavy atom. The molecule has 0 atom stereocenters. The molecule has 164 valence electrons. The molecular weight excluding hydrogens is 472 g/mol. The molecule has 0 aliphatic rings. The number of nitrogens with zero attached hydrogens (tertiary/aromatic N) is 3. The highest BCUT2D eigenvalue weighted by Crippen LogP contribution is 2.27. The maximum Gasteiger partial charge on any atom is 0.316 e. The van der Waals surface area contributed by atoms with Crippen LogP contribution in [0, 0.1) is 0 Å². The molecule has 1 heterocycles. The fourth-order valence-electron chi connectivity index (χ4n) is 2.36. The Balaban J connectivity index is 2.15. The minimum atomic E-state index is -3.74. The zero-order valence-corrected chi connectivity index (χ0v) is 19.8. The smallest absolute Gasteiger partial charge is 0.316 e. The summed E-state index contributed by atoms with van der Waals surface area (Å²) < 4.78 is 32.0. The number of nitrogens with one attached hydrogen (secondary N) is 1.